The first-order chi connectivity index (χ1) is 11.0. The summed E-state index contributed by atoms with van der Waals surface area (Å²) in [4.78, 5) is 7.75. The predicted octanol–water partition coefficient (Wildman–Crippen LogP) is 6.50. The molecule has 0 aromatic heterocycles. The van der Waals surface area contributed by atoms with E-state index in [4.69, 9.17) is 4.79 Å². The maximum atomic E-state index is 7.75. The Balaban J connectivity index is -0.0000000699. The topological polar surface area (TPSA) is 17.1 Å². The molecule has 0 N–H and O–H groups in total. The van der Waals surface area contributed by atoms with Crippen LogP contribution < -0.4 is 0 Å². The monoisotopic (exact) mass is 581 g/mol. The van der Waals surface area contributed by atoms with Gasteiger partial charge in [-0.2, -0.15) is 0 Å². The van der Waals surface area contributed by atoms with E-state index < -0.39 is 0 Å². The summed E-state index contributed by atoms with van der Waals surface area (Å²) in [5.74, 6) is 0. The molecule has 0 heterocycles. The summed E-state index contributed by atoms with van der Waals surface area (Å²) < 4.78 is 0. The first-order valence-corrected chi connectivity index (χ1v) is 16.1. The fourth-order valence-corrected chi connectivity index (χ4v) is 6.75. The summed E-state index contributed by atoms with van der Waals surface area (Å²) in [6.07, 6.45) is 13.1. The van der Waals surface area contributed by atoms with Crippen LogP contribution in [0.3, 0.4) is 0 Å². The van der Waals surface area contributed by atoms with Crippen LogP contribution in [-0.4, -0.2) is 62.2 Å². The Hall–Kier alpha value is 1.65. The largest absolute Gasteiger partial charge is 0.545 e. The molecule has 0 saturated heterocycles. The van der Waals surface area contributed by atoms with Crippen LogP contribution in [0.25, 0.3) is 0 Å². The molecular weight excluding hydrogens is 532 g/mol. The van der Waals surface area contributed by atoms with E-state index in [1.807, 2.05) is 0 Å². The maximum Gasteiger partial charge on any atom is 0.0543 e. The smallest absolute Gasteiger partial charge is 0.0543 e. The third kappa shape index (κ3) is 31.4. The zero-order valence-electron chi connectivity index (χ0n) is 18.2. The molecule has 24 heavy (non-hydrogen) atoms. The van der Waals surface area contributed by atoms with Crippen LogP contribution in [0.2, 0.25) is 0 Å². The molecule has 0 unspecified atom stereocenters. The Labute approximate surface area is 173 Å². The summed E-state index contributed by atoms with van der Waals surface area (Å²) >= 11 is 0. The summed E-state index contributed by atoms with van der Waals surface area (Å²) in [5.41, 5.74) is 0. The molecule has 0 aliphatic rings. The normalized spacial score (nSPS) is 9.17. The summed E-state index contributed by atoms with van der Waals surface area (Å²) in [6, 6.07) is 0. The summed E-state index contributed by atoms with van der Waals surface area (Å²) in [6.45, 7) is 24.0. The fraction of sp³-hybridized carbons (Fsp3) is 0.947. The van der Waals surface area contributed by atoms with Gasteiger partial charge < -0.3 is 4.79 Å². The second kappa shape index (κ2) is 35.7. The average molecular weight is 582 g/mol. The molecule has 0 aliphatic heterocycles. The second-order valence-corrected chi connectivity index (χ2v) is 16.3. The molecule has 0 bridgehead atoms. The molecule has 0 aromatic rings. The zero-order valence-corrected chi connectivity index (χ0v) is 23.4. The van der Waals surface area contributed by atoms with Gasteiger partial charge in [-0.25, -0.2) is 0 Å². The van der Waals surface area contributed by atoms with E-state index in [2.05, 4.69) is 69.1 Å². The molecule has 0 aliphatic carbocycles. The van der Waals surface area contributed by atoms with E-state index in [1.54, 1.807) is 0 Å². The van der Waals surface area contributed by atoms with Crippen molar-refractivity contribution in [1.29, 1.82) is 0 Å². The van der Waals surface area contributed by atoms with Gasteiger partial charge in [0.25, 0.3) is 0 Å². The minimum absolute atomic E-state index is 0. The van der Waals surface area contributed by atoms with Crippen LogP contribution in [0.5, 0.6) is 0 Å². The Morgan fingerprint density at radius 2 is 0.500 bits per heavy atom. The van der Waals surface area contributed by atoms with Crippen molar-refractivity contribution in [3.63, 3.8) is 0 Å². The van der Waals surface area contributed by atoms with Gasteiger partial charge in [0, 0.05) is 21.1 Å². The minimum atomic E-state index is 0. The average Bonchev–Trinajstić information content (AvgIpc) is 2.62. The van der Waals surface area contributed by atoms with Crippen LogP contribution in [0.15, 0.2) is 0 Å². The van der Waals surface area contributed by atoms with Crippen molar-refractivity contribution in [1.82, 2.24) is 0 Å². The molecule has 0 amide bonds. The van der Waals surface area contributed by atoms with Gasteiger partial charge >= 0.3 is 0 Å². The molecule has 0 atom stereocenters. The van der Waals surface area contributed by atoms with Crippen molar-refractivity contribution in [2.75, 3.05) is 55.5 Å². The van der Waals surface area contributed by atoms with E-state index in [0.29, 0.717) is 0 Å². The van der Waals surface area contributed by atoms with Gasteiger partial charge in [0.1, 0.15) is 0 Å². The van der Waals surface area contributed by atoms with Crippen molar-refractivity contribution < 1.29 is 25.9 Å². The predicted molar refractivity (Wildman–Crippen MR) is 127 cm³/mol. The van der Waals surface area contributed by atoms with Gasteiger partial charge in [-0.15, -0.1) is 0 Å². The number of carbonyl (C=O) groups excluding carboxylic acids is 1. The van der Waals surface area contributed by atoms with Gasteiger partial charge in [0.05, 0.1) is 55.5 Å². The molecule has 1 nitrogen and oxygen atoms in total. The molecular formula is C19H49OP3Pt+2. The van der Waals surface area contributed by atoms with E-state index >= 15 is 0 Å². The molecule has 0 spiro atoms. The van der Waals surface area contributed by atoms with Crippen molar-refractivity contribution >= 4 is 30.6 Å². The molecule has 0 rings (SSSR count). The third-order valence-electron chi connectivity index (χ3n) is 4.50. The SMILES string of the molecule is CC[PH+](CC)CC.CC[PH+](CC)CC.CC[PH+](CC)CC.[CH-]=O.[Pt]. The van der Waals surface area contributed by atoms with E-state index in [0.717, 1.165) is 0 Å². The minimum Gasteiger partial charge on any atom is -0.545 e. The van der Waals surface area contributed by atoms with Gasteiger partial charge in [-0.1, -0.05) is 0 Å². The van der Waals surface area contributed by atoms with Crippen molar-refractivity contribution in [2.45, 2.75) is 62.3 Å². The quantitative estimate of drug-likeness (QED) is 0.173. The third-order valence-corrected chi connectivity index (χ3v) is 13.5. The standard InChI is InChI=1S/3C6H15P.CHO.Pt/c3*1-4-7(5-2)6-3;1-2;/h3*4-6H2,1-3H3;1H;/q;;;-1;/p+3. The van der Waals surface area contributed by atoms with Crippen LogP contribution >= 0.6 is 23.8 Å². The van der Waals surface area contributed by atoms with E-state index in [9.17, 15) is 0 Å². The Morgan fingerprint density at radius 3 is 0.500 bits per heavy atom. The molecule has 5 heteroatoms. The van der Waals surface area contributed by atoms with Crippen molar-refractivity contribution in [3.8, 4) is 0 Å². The second-order valence-electron chi connectivity index (χ2n) is 5.43. The number of hydrogen-bond acceptors (Lipinski definition) is 1. The van der Waals surface area contributed by atoms with E-state index in [1.165, 1.54) is 55.5 Å². The van der Waals surface area contributed by atoms with Crippen molar-refractivity contribution in [3.05, 3.63) is 0 Å². The summed E-state index contributed by atoms with van der Waals surface area (Å²) in [5, 5.41) is 0. The fourth-order valence-electron chi connectivity index (χ4n) is 2.25. The molecule has 0 saturated carbocycles. The Kier molecular flexibility index (Phi) is 54.4. The zero-order chi connectivity index (χ0) is 19.1. The molecule has 0 fully saturated rings. The maximum absolute atomic E-state index is 7.75. The Morgan fingerprint density at radius 1 is 0.417 bits per heavy atom. The first-order valence-electron chi connectivity index (χ1n) is 9.78. The molecule has 0 aromatic carbocycles. The van der Waals surface area contributed by atoms with E-state index in [-0.39, 0.29) is 44.8 Å². The van der Waals surface area contributed by atoms with Crippen LogP contribution in [-0.2, 0) is 25.9 Å². The van der Waals surface area contributed by atoms with Gasteiger partial charge in [-0.05, 0) is 86.1 Å². The number of hydrogen-bond donors (Lipinski definition) is 0. The van der Waals surface area contributed by atoms with Gasteiger partial charge in [-0.3, -0.25) is 6.79 Å². The Bertz CT molecular complexity index is 129. The van der Waals surface area contributed by atoms with Crippen LogP contribution in [0, 0.1) is 0 Å². The van der Waals surface area contributed by atoms with Crippen LogP contribution in [0.1, 0.15) is 62.3 Å². The number of rotatable bonds is 9. The van der Waals surface area contributed by atoms with Gasteiger partial charge in [0.2, 0.25) is 0 Å². The molecule has 0 radical (unpaired) electrons. The first kappa shape index (κ1) is 36.5. The molecule has 154 valence electrons. The van der Waals surface area contributed by atoms with Crippen LogP contribution in [0.4, 0.5) is 0 Å². The van der Waals surface area contributed by atoms with Crippen molar-refractivity contribution in [2.24, 2.45) is 0 Å². The summed E-state index contributed by atoms with van der Waals surface area (Å²) in [7, 11) is 0.412. The van der Waals surface area contributed by atoms with Gasteiger partial charge in [0.15, 0.2) is 0 Å².